The van der Waals surface area contributed by atoms with Crippen molar-refractivity contribution < 1.29 is 23.0 Å². The lowest BCUT2D eigenvalue weighted by Gasteiger charge is -2.12. The smallest absolute Gasteiger partial charge is 0.487 e. The molecule has 3 rings (SSSR count). The van der Waals surface area contributed by atoms with Crippen LogP contribution in [-0.4, -0.2) is 28.1 Å². The molecule has 7 nitrogen and oxygen atoms in total. The predicted molar refractivity (Wildman–Crippen MR) is 102 cm³/mol. The maximum Gasteiger partial charge on any atom is 0.487 e. The highest BCUT2D eigenvalue weighted by molar-refractivity contribution is 6.20. The van der Waals surface area contributed by atoms with Crippen LogP contribution in [0.5, 0.6) is 11.5 Å². The quantitative estimate of drug-likeness (QED) is 0.614. The van der Waals surface area contributed by atoms with Crippen LogP contribution in [0.25, 0.3) is 5.69 Å². The number of benzene rings is 1. The SMILES string of the molecule is COc1cncc(-n2cc(C(=O)Nc3ccc(OC(F)(F)Cl)cc3)ccc2=O)c1. The van der Waals surface area contributed by atoms with Gasteiger partial charge in [-0.1, -0.05) is 0 Å². The van der Waals surface area contributed by atoms with Crippen LogP contribution < -0.4 is 20.3 Å². The Balaban J connectivity index is 1.80. The van der Waals surface area contributed by atoms with Crippen molar-refractivity contribution in [2.24, 2.45) is 0 Å². The van der Waals surface area contributed by atoms with E-state index in [1.54, 1.807) is 6.07 Å². The second kappa shape index (κ2) is 8.27. The Hall–Kier alpha value is -3.46. The van der Waals surface area contributed by atoms with Crippen molar-refractivity contribution in [2.75, 3.05) is 12.4 Å². The fourth-order valence-electron chi connectivity index (χ4n) is 2.42. The van der Waals surface area contributed by atoms with Gasteiger partial charge in [0.05, 0.1) is 30.8 Å². The zero-order chi connectivity index (χ0) is 21.0. The number of hydrogen-bond acceptors (Lipinski definition) is 5. The number of methoxy groups -OCH3 is 1. The first-order valence-corrected chi connectivity index (χ1v) is 8.52. The van der Waals surface area contributed by atoms with E-state index in [-0.39, 0.29) is 16.9 Å². The Morgan fingerprint density at radius 1 is 1.14 bits per heavy atom. The number of nitrogens with zero attached hydrogens (tertiary/aromatic N) is 2. The topological polar surface area (TPSA) is 82.5 Å². The molecule has 0 spiro atoms. The average Bonchev–Trinajstić information content (AvgIpc) is 2.68. The molecule has 0 radical (unpaired) electrons. The molecule has 0 fully saturated rings. The number of hydrogen-bond donors (Lipinski definition) is 1. The first-order chi connectivity index (χ1) is 13.7. The van der Waals surface area contributed by atoms with E-state index in [0.29, 0.717) is 17.1 Å². The van der Waals surface area contributed by atoms with Crippen LogP contribution in [0.15, 0.2) is 65.8 Å². The number of ether oxygens (including phenoxy) is 2. The van der Waals surface area contributed by atoms with Gasteiger partial charge >= 0.3 is 5.57 Å². The zero-order valence-electron chi connectivity index (χ0n) is 14.9. The Morgan fingerprint density at radius 3 is 2.52 bits per heavy atom. The molecule has 29 heavy (non-hydrogen) atoms. The highest BCUT2D eigenvalue weighted by Crippen LogP contribution is 2.26. The monoisotopic (exact) mass is 421 g/mol. The largest absolute Gasteiger partial charge is 0.495 e. The van der Waals surface area contributed by atoms with E-state index >= 15 is 0 Å². The van der Waals surface area contributed by atoms with E-state index in [9.17, 15) is 18.4 Å². The van der Waals surface area contributed by atoms with Crippen molar-refractivity contribution >= 4 is 23.2 Å². The fraction of sp³-hybridized carbons (Fsp3) is 0.105. The average molecular weight is 422 g/mol. The Bertz CT molecular complexity index is 1080. The number of alkyl halides is 3. The standard InChI is InChI=1S/C19H14ClF2N3O4/c1-28-16-8-14(9-23-10-16)25-11-12(2-7-17(25)26)18(27)24-13-3-5-15(6-4-13)29-19(20,21)22/h2-11H,1H3,(H,24,27). The summed E-state index contributed by atoms with van der Waals surface area (Å²) in [4.78, 5) is 28.7. The van der Waals surface area contributed by atoms with Gasteiger partial charge in [0, 0.05) is 35.6 Å². The van der Waals surface area contributed by atoms with Gasteiger partial charge in [0.2, 0.25) is 0 Å². The molecule has 0 aliphatic rings. The number of rotatable bonds is 6. The second-order valence-electron chi connectivity index (χ2n) is 5.74. The molecular formula is C19H14ClF2N3O4. The van der Waals surface area contributed by atoms with Gasteiger partial charge in [0.15, 0.2) is 0 Å². The third-order valence-corrected chi connectivity index (χ3v) is 3.81. The maximum atomic E-state index is 12.6. The molecule has 0 saturated heterocycles. The Morgan fingerprint density at radius 2 is 1.86 bits per heavy atom. The van der Waals surface area contributed by atoms with Gasteiger partial charge in [-0.15, -0.1) is 8.78 Å². The van der Waals surface area contributed by atoms with Crippen molar-refractivity contribution in [2.45, 2.75) is 5.57 Å². The summed E-state index contributed by atoms with van der Waals surface area (Å²) in [5, 5.41) is 2.60. The van der Waals surface area contributed by atoms with E-state index in [4.69, 9.17) is 16.3 Å². The molecule has 0 aliphatic carbocycles. The lowest BCUT2D eigenvalue weighted by Crippen LogP contribution is -2.21. The van der Waals surface area contributed by atoms with Gasteiger partial charge in [-0.2, -0.15) is 0 Å². The molecule has 0 bridgehead atoms. The second-order valence-corrected chi connectivity index (χ2v) is 6.18. The van der Waals surface area contributed by atoms with Crippen molar-refractivity contribution in [3.05, 3.63) is 77.0 Å². The number of amides is 1. The van der Waals surface area contributed by atoms with E-state index < -0.39 is 11.5 Å². The number of carbonyl (C=O) groups is 1. The third-order valence-electron chi connectivity index (χ3n) is 3.73. The zero-order valence-corrected chi connectivity index (χ0v) is 15.7. The number of nitrogens with one attached hydrogen (secondary N) is 1. The van der Waals surface area contributed by atoms with Gasteiger partial charge < -0.3 is 14.8 Å². The minimum Gasteiger partial charge on any atom is -0.495 e. The van der Waals surface area contributed by atoms with Crippen LogP contribution in [0.2, 0.25) is 0 Å². The van der Waals surface area contributed by atoms with E-state index in [1.165, 1.54) is 66.7 Å². The summed E-state index contributed by atoms with van der Waals surface area (Å²) in [6.45, 7) is 0. The van der Waals surface area contributed by atoms with Crippen LogP contribution in [0, 0.1) is 0 Å². The summed E-state index contributed by atoms with van der Waals surface area (Å²) in [5.74, 6) is -0.220. The first kappa shape index (κ1) is 20.3. The van der Waals surface area contributed by atoms with Gasteiger partial charge in [-0.25, -0.2) is 0 Å². The maximum absolute atomic E-state index is 12.6. The minimum atomic E-state index is -3.83. The van der Waals surface area contributed by atoms with Crippen molar-refractivity contribution in [3.8, 4) is 17.2 Å². The van der Waals surface area contributed by atoms with Crippen LogP contribution in [-0.2, 0) is 0 Å². The summed E-state index contributed by atoms with van der Waals surface area (Å²) in [5.41, 5.74) is -3.23. The van der Waals surface area contributed by atoms with Gasteiger partial charge in [-0.05, 0) is 30.3 Å². The molecule has 10 heteroatoms. The molecule has 150 valence electrons. The Kier molecular flexibility index (Phi) is 5.79. The van der Waals surface area contributed by atoms with E-state index in [1.807, 2.05) is 0 Å². The summed E-state index contributed by atoms with van der Waals surface area (Å²) >= 11 is 4.70. The summed E-state index contributed by atoms with van der Waals surface area (Å²) in [6, 6.07) is 9.42. The molecule has 0 saturated carbocycles. The molecule has 1 amide bonds. The highest BCUT2D eigenvalue weighted by atomic mass is 35.5. The van der Waals surface area contributed by atoms with Crippen molar-refractivity contribution in [1.29, 1.82) is 0 Å². The molecule has 2 heterocycles. The fourth-order valence-corrected chi connectivity index (χ4v) is 2.51. The minimum absolute atomic E-state index is 0.165. The number of pyridine rings is 2. The van der Waals surface area contributed by atoms with Gasteiger partial charge in [0.1, 0.15) is 11.5 Å². The van der Waals surface area contributed by atoms with E-state index in [0.717, 1.165) is 0 Å². The molecular weight excluding hydrogens is 408 g/mol. The molecule has 3 aromatic rings. The molecule has 0 unspecified atom stereocenters. The summed E-state index contributed by atoms with van der Waals surface area (Å²) in [7, 11) is 1.47. The van der Waals surface area contributed by atoms with Crippen LogP contribution >= 0.6 is 11.6 Å². The number of carbonyl (C=O) groups excluding carboxylic acids is 1. The number of halogens is 3. The van der Waals surface area contributed by atoms with Crippen LogP contribution in [0.1, 0.15) is 10.4 Å². The first-order valence-electron chi connectivity index (χ1n) is 8.14. The number of anilines is 1. The van der Waals surface area contributed by atoms with Crippen molar-refractivity contribution in [1.82, 2.24) is 9.55 Å². The van der Waals surface area contributed by atoms with Gasteiger partial charge in [0.25, 0.3) is 11.5 Å². The van der Waals surface area contributed by atoms with Crippen LogP contribution in [0.4, 0.5) is 14.5 Å². The molecule has 2 aromatic heterocycles. The number of aromatic nitrogens is 2. The molecule has 1 aromatic carbocycles. The summed E-state index contributed by atoms with van der Waals surface area (Å²) in [6.07, 6.45) is 4.30. The summed E-state index contributed by atoms with van der Waals surface area (Å²) < 4.78 is 35.8. The Labute approximate surface area is 168 Å². The van der Waals surface area contributed by atoms with Gasteiger partial charge in [-0.3, -0.25) is 19.1 Å². The molecule has 0 atom stereocenters. The lowest BCUT2D eigenvalue weighted by atomic mass is 10.2. The van der Waals surface area contributed by atoms with Crippen molar-refractivity contribution in [3.63, 3.8) is 0 Å². The molecule has 1 N–H and O–H groups in total. The predicted octanol–water partition coefficient (Wildman–Crippen LogP) is 3.66. The molecule has 0 aliphatic heterocycles. The van der Waals surface area contributed by atoms with E-state index in [2.05, 4.69) is 15.0 Å². The third kappa shape index (κ3) is 5.29. The van der Waals surface area contributed by atoms with Crippen LogP contribution in [0.3, 0.4) is 0 Å². The lowest BCUT2D eigenvalue weighted by molar-refractivity contribution is -0.0964. The highest BCUT2D eigenvalue weighted by Gasteiger charge is 2.27. The normalized spacial score (nSPS) is 11.0.